The number of thiocarbonyl (C=S) groups is 2. The summed E-state index contributed by atoms with van der Waals surface area (Å²) in [4.78, 5) is 21.9. The van der Waals surface area contributed by atoms with Gasteiger partial charge < -0.3 is 9.80 Å². The van der Waals surface area contributed by atoms with Crippen molar-refractivity contribution in [1.82, 2.24) is 19.2 Å². The van der Waals surface area contributed by atoms with E-state index in [1.807, 2.05) is 74.6 Å². The zero-order chi connectivity index (χ0) is 21.0. The fourth-order valence-electron chi connectivity index (χ4n) is 2.56. The van der Waals surface area contributed by atoms with Crippen LogP contribution >= 0.6 is 48.0 Å². The molecule has 0 amide bonds. The van der Waals surface area contributed by atoms with E-state index in [1.54, 1.807) is 0 Å². The Morgan fingerprint density at radius 2 is 1.61 bits per heavy atom. The SMILES string of the molecule is Cc1ccc2nc(C)c(C(=O)C(CSC(=S)N(C)C)CSC(=S)N(C)C)n2c1. The fourth-order valence-corrected chi connectivity index (χ4v) is 4.86. The molecule has 0 N–H and O–H groups in total. The molecular formula is C19H26N4OS4. The fraction of sp³-hybridized carbons (Fsp3) is 0.474. The minimum Gasteiger partial charge on any atom is -0.364 e. The first kappa shape index (κ1) is 23.1. The maximum Gasteiger partial charge on any atom is 0.186 e. The van der Waals surface area contributed by atoms with Gasteiger partial charge in [0.2, 0.25) is 0 Å². The molecule has 2 heterocycles. The number of aryl methyl sites for hydroxylation is 2. The van der Waals surface area contributed by atoms with Crippen LogP contribution in [-0.2, 0) is 0 Å². The van der Waals surface area contributed by atoms with Gasteiger partial charge in [-0.3, -0.25) is 9.20 Å². The lowest BCUT2D eigenvalue weighted by Crippen LogP contribution is -2.26. The van der Waals surface area contributed by atoms with Crippen molar-refractivity contribution in [2.24, 2.45) is 5.92 Å². The molecule has 152 valence electrons. The van der Waals surface area contributed by atoms with Gasteiger partial charge in [0.25, 0.3) is 0 Å². The standard InChI is InChI=1S/C19H26N4OS4/c1-12-7-8-15-20-13(2)16(23(15)9-12)17(24)14(10-27-18(25)21(3)4)11-28-19(26)22(5)6/h7-9,14H,10-11H2,1-6H3. The summed E-state index contributed by atoms with van der Waals surface area (Å²) in [5, 5.41) is 0. The van der Waals surface area contributed by atoms with Crippen molar-refractivity contribution in [2.75, 3.05) is 39.7 Å². The van der Waals surface area contributed by atoms with E-state index in [4.69, 9.17) is 24.4 Å². The van der Waals surface area contributed by atoms with Crippen molar-refractivity contribution in [3.05, 3.63) is 35.3 Å². The lowest BCUT2D eigenvalue weighted by molar-refractivity contribution is 0.0938. The molecule has 0 aliphatic carbocycles. The predicted molar refractivity (Wildman–Crippen MR) is 130 cm³/mol. The second-order valence-electron chi connectivity index (χ2n) is 6.98. The number of imidazole rings is 1. The van der Waals surface area contributed by atoms with Crippen molar-refractivity contribution in [3.63, 3.8) is 0 Å². The Balaban J connectivity index is 2.31. The molecule has 0 radical (unpaired) electrons. The minimum atomic E-state index is -0.218. The summed E-state index contributed by atoms with van der Waals surface area (Å²) in [6, 6.07) is 3.95. The van der Waals surface area contributed by atoms with Gasteiger partial charge in [0.05, 0.1) is 5.69 Å². The van der Waals surface area contributed by atoms with Gasteiger partial charge in [-0.05, 0) is 25.5 Å². The summed E-state index contributed by atoms with van der Waals surface area (Å²) >= 11 is 13.9. The minimum absolute atomic E-state index is 0.0821. The van der Waals surface area contributed by atoms with Crippen molar-refractivity contribution in [1.29, 1.82) is 0 Å². The molecule has 2 aromatic rings. The van der Waals surface area contributed by atoms with Crippen LogP contribution in [-0.4, -0.2) is 73.3 Å². The van der Waals surface area contributed by atoms with E-state index in [-0.39, 0.29) is 11.7 Å². The van der Waals surface area contributed by atoms with Crippen LogP contribution in [0.25, 0.3) is 5.65 Å². The number of hydrogen-bond acceptors (Lipinski definition) is 6. The molecule has 0 unspecified atom stereocenters. The summed E-state index contributed by atoms with van der Waals surface area (Å²) in [6.07, 6.45) is 1.97. The monoisotopic (exact) mass is 454 g/mol. The van der Waals surface area contributed by atoms with Crippen molar-refractivity contribution in [3.8, 4) is 0 Å². The summed E-state index contributed by atoms with van der Waals surface area (Å²) in [7, 11) is 7.66. The van der Waals surface area contributed by atoms with E-state index < -0.39 is 0 Å². The number of carbonyl (C=O) groups is 1. The highest BCUT2D eigenvalue weighted by molar-refractivity contribution is 8.23. The van der Waals surface area contributed by atoms with Gasteiger partial charge in [-0.1, -0.05) is 54.0 Å². The molecule has 0 spiro atoms. The number of pyridine rings is 1. The third-order valence-electron chi connectivity index (χ3n) is 4.09. The second kappa shape index (κ2) is 10.0. The normalized spacial score (nSPS) is 11.1. The first-order valence-electron chi connectivity index (χ1n) is 8.79. The Bertz CT molecular complexity index is 867. The quantitative estimate of drug-likeness (QED) is 0.481. The van der Waals surface area contributed by atoms with Crippen LogP contribution in [0.1, 0.15) is 21.7 Å². The number of hydrogen-bond donors (Lipinski definition) is 0. The van der Waals surface area contributed by atoms with E-state index in [9.17, 15) is 4.79 Å². The lowest BCUT2D eigenvalue weighted by Gasteiger charge is -2.20. The average Bonchev–Trinajstić information content (AvgIpc) is 2.95. The molecule has 0 saturated carbocycles. The van der Waals surface area contributed by atoms with Crippen molar-refractivity contribution in [2.45, 2.75) is 13.8 Å². The van der Waals surface area contributed by atoms with Crippen LogP contribution in [0.2, 0.25) is 0 Å². The Morgan fingerprint density at radius 1 is 1.07 bits per heavy atom. The lowest BCUT2D eigenvalue weighted by atomic mass is 10.0. The van der Waals surface area contributed by atoms with Crippen LogP contribution in [0.4, 0.5) is 0 Å². The van der Waals surface area contributed by atoms with Gasteiger partial charge in [0.15, 0.2) is 5.78 Å². The number of rotatable bonds is 6. The van der Waals surface area contributed by atoms with Crippen LogP contribution in [0.15, 0.2) is 18.3 Å². The number of carbonyl (C=O) groups excluding carboxylic acids is 1. The Kier molecular flexibility index (Phi) is 8.30. The first-order chi connectivity index (χ1) is 13.1. The Morgan fingerprint density at radius 3 is 2.11 bits per heavy atom. The summed E-state index contributed by atoms with van der Waals surface area (Å²) in [6.45, 7) is 3.90. The van der Waals surface area contributed by atoms with Crippen molar-refractivity contribution >= 4 is 68.0 Å². The smallest absolute Gasteiger partial charge is 0.186 e. The maximum absolute atomic E-state index is 13.5. The topological polar surface area (TPSA) is 40.9 Å². The van der Waals surface area contributed by atoms with Gasteiger partial charge in [-0.25, -0.2) is 4.98 Å². The van der Waals surface area contributed by atoms with E-state index in [1.165, 1.54) is 23.5 Å². The summed E-state index contributed by atoms with van der Waals surface area (Å²) < 4.78 is 3.44. The molecule has 2 rings (SSSR count). The molecule has 0 bridgehead atoms. The van der Waals surface area contributed by atoms with Gasteiger partial charge in [0, 0.05) is 51.8 Å². The number of thioether (sulfide) groups is 2. The molecule has 28 heavy (non-hydrogen) atoms. The van der Waals surface area contributed by atoms with Gasteiger partial charge in [0.1, 0.15) is 20.0 Å². The third kappa shape index (κ3) is 5.68. The van der Waals surface area contributed by atoms with Crippen molar-refractivity contribution < 1.29 is 4.79 Å². The Hall–Kier alpha value is -1.16. The largest absolute Gasteiger partial charge is 0.364 e. The zero-order valence-corrected chi connectivity index (χ0v) is 20.3. The van der Waals surface area contributed by atoms with E-state index in [2.05, 4.69) is 4.98 Å². The molecule has 0 aliphatic rings. The van der Waals surface area contributed by atoms with Gasteiger partial charge >= 0.3 is 0 Å². The first-order valence-corrected chi connectivity index (χ1v) is 11.6. The highest BCUT2D eigenvalue weighted by Crippen LogP contribution is 2.24. The third-order valence-corrected chi connectivity index (χ3v) is 7.89. The Labute approximate surface area is 186 Å². The van der Waals surface area contributed by atoms with Crippen LogP contribution in [0.3, 0.4) is 0 Å². The van der Waals surface area contributed by atoms with Crippen LogP contribution in [0, 0.1) is 19.8 Å². The molecule has 0 atom stereocenters. The highest BCUT2D eigenvalue weighted by Gasteiger charge is 2.27. The summed E-state index contributed by atoms with van der Waals surface area (Å²) in [5.41, 5.74) is 3.28. The summed E-state index contributed by atoms with van der Waals surface area (Å²) in [5.74, 6) is 1.08. The number of nitrogens with zero attached hydrogens (tertiary/aromatic N) is 4. The molecule has 2 aromatic heterocycles. The maximum atomic E-state index is 13.5. The van der Waals surface area contributed by atoms with E-state index in [0.29, 0.717) is 17.2 Å². The molecule has 0 saturated heterocycles. The molecule has 5 nitrogen and oxygen atoms in total. The van der Waals surface area contributed by atoms with E-state index in [0.717, 1.165) is 25.5 Å². The van der Waals surface area contributed by atoms with Crippen LogP contribution < -0.4 is 0 Å². The predicted octanol–water partition coefficient (Wildman–Crippen LogP) is 3.91. The number of ketones is 1. The molecule has 0 fully saturated rings. The highest BCUT2D eigenvalue weighted by atomic mass is 32.2. The molecule has 0 aliphatic heterocycles. The average molecular weight is 455 g/mol. The van der Waals surface area contributed by atoms with E-state index >= 15 is 0 Å². The second-order valence-corrected chi connectivity index (χ2v) is 10.3. The molecular weight excluding hydrogens is 429 g/mol. The number of Topliss-reactive ketones (excluding diaryl/α,β-unsaturated/α-hetero) is 1. The molecule has 0 aromatic carbocycles. The van der Waals surface area contributed by atoms with Crippen LogP contribution in [0.5, 0.6) is 0 Å². The number of aromatic nitrogens is 2. The van der Waals surface area contributed by atoms with Gasteiger partial charge in [-0.2, -0.15) is 0 Å². The zero-order valence-electron chi connectivity index (χ0n) is 17.1. The molecule has 9 heteroatoms. The van der Waals surface area contributed by atoms with Gasteiger partial charge in [-0.15, -0.1) is 0 Å². The number of fused-ring (bicyclic) bond motifs is 1.